The molecule has 0 bridgehead atoms. The average Bonchev–Trinajstić information content (AvgIpc) is 2.52. The Kier molecular flexibility index (Phi) is 2.17. The highest BCUT2D eigenvalue weighted by Gasteiger charge is 2.32. The number of nitrogens with two attached hydrogens (primary N) is 1. The molecule has 0 aromatic heterocycles. The lowest BCUT2D eigenvalue weighted by Gasteiger charge is -2.03. The number of esters is 2. The van der Waals surface area contributed by atoms with E-state index in [1.54, 1.807) is 0 Å². The SMILES string of the molecule is NC(=O)c1cc2c(cc1C(=O)O)C(=O)OC2=O. The summed E-state index contributed by atoms with van der Waals surface area (Å²) in [6.07, 6.45) is 0. The minimum Gasteiger partial charge on any atom is -0.478 e. The Balaban J connectivity index is 2.76. The normalized spacial score (nSPS) is 13.2. The number of cyclic esters (lactones) is 2. The van der Waals surface area contributed by atoms with Gasteiger partial charge in [0.15, 0.2) is 0 Å². The monoisotopic (exact) mass is 235 g/mol. The van der Waals surface area contributed by atoms with Gasteiger partial charge >= 0.3 is 17.9 Å². The number of hydrogen-bond acceptors (Lipinski definition) is 5. The van der Waals surface area contributed by atoms with Crippen LogP contribution in [0.4, 0.5) is 0 Å². The Bertz CT molecular complexity index is 538. The first-order valence-corrected chi connectivity index (χ1v) is 4.39. The van der Waals surface area contributed by atoms with Gasteiger partial charge in [-0.05, 0) is 12.1 Å². The van der Waals surface area contributed by atoms with Gasteiger partial charge in [-0.2, -0.15) is 0 Å². The number of ether oxygens (including phenoxy) is 1. The zero-order valence-corrected chi connectivity index (χ0v) is 8.22. The van der Waals surface area contributed by atoms with Gasteiger partial charge in [0.1, 0.15) is 0 Å². The van der Waals surface area contributed by atoms with E-state index in [2.05, 4.69) is 4.74 Å². The third kappa shape index (κ3) is 1.53. The Morgan fingerprint density at radius 3 is 1.94 bits per heavy atom. The van der Waals surface area contributed by atoms with Crippen molar-refractivity contribution in [2.24, 2.45) is 5.73 Å². The van der Waals surface area contributed by atoms with Gasteiger partial charge in [-0.1, -0.05) is 0 Å². The van der Waals surface area contributed by atoms with E-state index in [1.165, 1.54) is 0 Å². The molecule has 1 aromatic carbocycles. The van der Waals surface area contributed by atoms with Crippen molar-refractivity contribution >= 4 is 23.8 Å². The minimum absolute atomic E-state index is 0.159. The molecule has 1 aliphatic rings. The predicted molar refractivity (Wildman–Crippen MR) is 51.7 cm³/mol. The summed E-state index contributed by atoms with van der Waals surface area (Å²) in [6, 6.07) is 1.86. The fourth-order valence-corrected chi connectivity index (χ4v) is 1.51. The van der Waals surface area contributed by atoms with Crippen LogP contribution in [0.1, 0.15) is 41.4 Å². The summed E-state index contributed by atoms with van der Waals surface area (Å²) >= 11 is 0. The molecule has 0 atom stereocenters. The minimum atomic E-state index is -1.42. The number of rotatable bonds is 2. The number of carbonyl (C=O) groups excluding carboxylic acids is 3. The molecule has 1 aromatic rings. The van der Waals surface area contributed by atoms with Gasteiger partial charge in [0.25, 0.3) is 0 Å². The number of carboxylic acids is 1. The number of amides is 1. The summed E-state index contributed by atoms with van der Waals surface area (Å²) in [5.41, 5.74) is 3.86. The standard InChI is InChI=1S/C10H5NO6/c11-7(12)3-1-5-6(2-4(3)8(13)14)10(16)17-9(5)15/h1-2H,(H2,11,12)(H,13,14). The summed E-state index contributed by atoms with van der Waals surface area (Å²) in [4.78, 5) is 44.3. The van der Waals surface area contributed by atoms with Crippen LogP contribution < -0.4 is 5.73 Å². The molecule has 0 saturated carbocycles. The highest BCUT2D eigenvalue weighted by Crippen LogP contribution is 2.24. The molecular formula is C10H5NO6. The topological polar surface area (TPSA) is 124 Å². The van der Waals surface area contributed by atoms with Crippen LogP contribution in [0.25, 0.3) is 0 Å². The second-order valence-corrected chi connectivity index (χ2v) is 3.29. The highest BCUT2D eigenvalue weighted by molar-refractivity contribution is 6.17. The molecule has 0 fully saturated rings. The van der Waals surface area contributed by atoms with Crippen LogP contribution >= 0.6 is 0 Å². The van der Waals surface area contributed by atoms with Crippen LogP contribution in [0, 0.1) is 0 Å². The van der Waals surface area contributed by atoms with Crippen molar-refractivity contribution in [1.29, 1.82) is 0 Å². The number of fused-ring (bicyclic) bond motifs is 1. The molecule has 7 nitrogen and oxygen atoms in total. The van der Waals surface area contributed by atoms with Crippen molar-refractivity contribution in [1.82, 2.24) is 0 Å². The van der Waals surface area contributed by atoms with Gasteiger partial charge in [-0.3, -0.25) is 4.79 Å². The molecule has 0 radical (unpaired) electrons. The molecule has 86 valence electrons. The van der Waals surface area contributed by atoms with Crippen LogP contribution in [0.3, 0.4) is 0 Å². The van der Waals surface area contributed by atoms with Crippen LogP contribution in [-0.4, -0.2) is 28.9 Å². The van der Waals surface area contributed by atoms with Crippen LogP contribution in [0.15, 0.2) is 12.1 Å². The number of benzene rings is 1. The van der Waals surface area contributed by atoms with Crippen LogP contribution in [0.2, 0.25) is 0 Å². The third-order valence-corrected chi connectivity index (χ3v) is 2.28. The highest BCUT2D eigenvalue weighted by atomic mass is 16.6. The quantitative estimate of drug-likeness (QED) is 0.540. The van der Waals surface area contributed by atoms with E-state index in [-0.39, 0.29) is 16.7 Å². The second kappa shape index (κ2) is 3.41. The van der Waals surface area contributed by atoms with E-state index in [4.69, 9.17) is 10.8 Å². The zero-order chi connectivity index (χ0) is 12.7. The molecule has 1 aliphatic heterocycles. The molecule has 0 unspecified atom stereocenters. The maximum Gasteiger partial charge on any atom is 0.346 e. The smallest absolute Gasteiger partial charge is 0.346 e. The molecule has 7 heteroatoms. The zero-order valence-electron chi connectivity index (χ0n) is 8.22. The largest absolute Gasteiger partial charge is 0.478 e. The molecule has 3 N–H and O–H groups in total. The fourth-order valence-electron chi connectivity index (χ4n) is 1.51. The Labute approximate surface area is 93.8 Å². The molecule has 0 saturated heterocycles. The Morgan fingerprint density at radius 2 is 1.53 bits per heavy atom. The fraction of sp³-hybridized carbons (Fsp3) is 0. The van der Waals surface area contributed by atoms with Gasteiger partial charge in [0.05, 0.1) is 22.3 Å². The number of carbonyl (C=O) groups is 4. The summed E-state index contributed by atoms with van der Waals surface area (Å²) in [5, 5.41) is 8.85. The predicted octanol–water partition coefficient (Wildman–Crippen LogP) is -0.206. The van der Waals surface area contributed by atoms with Gasteiger partial charge in [0.2, 0.25) is 5.91 Å². The number of carboxylic acid groups (broad SMARTS) is 1. The Morgan fingerprint density at radius 1 is 1.06 bits per heavy atom. The van der Waals surface area contributed by atoms with Crippen LogP contribution in [-0.2, 0) is 4.74 Å². The first-order chi connectivity index (χ1) is 7.91. The first-order valence-electron chi connectivity index (χ1n) is 4.39. The number of hydrogen-bond donors (Lipinski definition) is 2. The summed E-state index contributed by atoms with van der Waals surface area (Å²) < 4.78 is 4.28. The van der Waals surface area contributed by atoms with E-state index in [0.717, 1.165) is 12.1 Å². The number of aromatic carboxylic acids is 1. The molecular weight excluding hydrogens is 230 g/mol. The number of primary amides is 1. The molecule has 1 heterocycles. The van der Waals surface area contributed by atoms with Gasteiger partial charge in [0, 0.05) is 0 Å². The average molecular weight is 235 g/mol. The van der Waals surface area contributed by atoms with Crippen molar-refractivity contribution in [3.63, 3.8) is 0 Å². The summed E-state index contributed by atoms with van der Waals surface area (Å²) in [6.45, 7) is 0. The van der Waals surface area contributed by atoms with E-state index < -0.39 is 29.4 Å². The lowest BCUT2D eigenvalue weighted by atomic mass is 9.99. The van der Waals surface area contributed by atoms with Crippen molar-refractivity contribution in [3.05, 3.63) is 34.4 Å². The Hall–Kier alpha value is -2.70. The summed E-state index contributed by atoms with van der Waals surface area (Å²) in [7, 11) is 0. The van der Waals surface area contributed by atoms with Crippen molar-refractivity contribution in [2.75, 3.05) is 0 Å². The molecule has 0 spiro atoms. The molecule has 17 heavy (non-hydrogen) atoms. The van der Waals surface area contributed by atoms with Gasteiger partial charge in [-0.25, -0.2) is 14.4 Å². The van der Waals surface area contributed by atoms with E-state index in [9.17, 15) is 19.2 Å². The second-order valence-electron chi connectivity index (χ2n) is 3.29. The maximum atomic E-state index is 11.2. The third-order valence-electron chi connectivity index (χ3n) is 2.28. The lowest BCUT2D eigenvalue weighted by Crippen LogP contribution is -2.17. The molecule has 0 aliphatic carbocycles. The van der Waals surface area contributed by atoms with E-state index >= 15 is 0 Å². The van der Waals surface area contributed by atoms with E-state index in [0.29, 0.717) is 0 Å². The van der Waals surface area contributed by atoms with Gasteiger partial charge in [-0.15, -0.1) is 0 Å². The van der Waals surface area contributed by atoms with Crippen LogP contribution in [0.5, 0.6) is 0 Å². The lowest BCUT2D eigenvalue weighted by molar-refractivity contribution is 0.0443. The maximum absolute atomic E-state index is 11.2. The molecule has 1 amide bonds. The summed E-state index contributed by atoms with van der Waals surface area (Å²) in [5.74, 6) is -4.29. The van der Waals surface area contributed by atoms with Gasteiger partial charge < -0.3 is 15.6 Å². The van der Waals surface area contributed by atoms with Crippen molar-refractivity contribution < 1.29 is 29.0 Å². The first kappa shape index (κ1) is 10.8. The van der Waals surface area contributed by atoms with E-state index in [1.807, 2.05) is 0 Å². The molecule has 2 rings (SSSR count). The van der Waals surface area contributed by atoms with Crippen molar-refractivity contribution in [2.45, 2.75) is 0 Å². The van der Waals surface area contributed by atoms with Crippen molar-refractivity contribution in [3.8, 4) is 0 Å².